The fourth-order valence-corrected chi connectivity index (χ4v) is 4.03. The van der Waals surface area contributed by atoms with E-state index < -0.39 is 11.4 Å². The maximum Gasteiger partial charge on any atom is 0.266 e. The number of hydrogen-bond acceptors (Lipinski definition) is 5. The number of rotatable bonds is 6. The van der Waals surface area contributed by atoms with Gasteiger partial charge in [0.1, 0.15) is 5.82 Å². The van der Waals surface area contributed by atoms with Gasteiger partial charge in [-0.25, -0.2) is 9.37 Å². The molecule has 2 N–H and O–H groups in total. The van der Waals surface area contributed by atoms with Crippen molar-refractivity contribution in [1.29, 1.82) is 0 Å². The Kier molecular flexibility index (Phi) is 6.50. The molecule has 1 heterocycles. The molecule has 0 radical (unpaired) electrons. The number of nitrogens with zero attached hydrogens (tertiary/aromatic N) is 2. The van der Waals surface area contributed by atoms with E-state index in [1.807, 2.05) is 0 Å². The fraction of sp³-hybridized carbons (Fsp3) is 0.0833. The molecule has 0 saturated heterocycles. The summed E-state index contributed by atoms with van der Waals surface area (Å²) in [4.78, 5) is 41.3. The smallest absolute Gasteiger partial charge is 0.266 e. The van der Waals surface area contributed by atoms with Gasteiger partial charge in [-0.05, 0) is 48.5 Å². The Labute approximate surface area is 192 Å². The summed E-state index contributed by atoms with van der Waals surface area (Å²) in [6.45, 7) is 1.41. The lowest BCUT2D eigenvalue weighted by atomic mass is 10.2. The van der Waals surface area contributed by atoms with Gasteiger partial charge in [0.05, 0.1) is 22.3 Å². The van der Waals surface area contributed by atoms with Crippen molar-refractivity contribution in [2.45, 2.75) is 12.1 Å². The fourth-order valence-electron chi connectivity index (χ4n) is 3.22. The van der Waals surface area contributed by atoms with Crippen LogP contribution in [0.3, 0.4) is 0 Å². The molecule has 7 nitrogen and oxygen atoms in total. The van der Waals surface area contributed by atoms with Crippen molar-refractivity contribution in [2.75, 3.05) is 16.4 Å². The number of nitrogens with one attached hydrogen (secondary N) is 2. The number of fused-ring (bicyclic) bond motifs is 1. The van der Waals surface area contributed by atoms with Crippen molar-refractivity contribution >= 4 is 45.9 Å². The van der Waals surface area contributed by atoms with E-state index in [9.17, 15) is 18.8 Å². The Morgan fingerprint density at radius 2 is 1.58 bits per heavy atom. The van der Waals surface area contributed by atoms with Gasteiger partial charge in [-0.1, -0.05) is 36.0 Å². The number of amides is 2. The molecule has 0 spiro atoms. The van der Waals surface area contributed by atoms with E-state index >= 15 is 0 Å². The minimum atomic E-state index is -0.567. The third kappa shape index (κ3) is 5.09. The maximum atomic E-state index is 14.5. The Morgan fingerprint density at radius 1 is 0.939 bits per heavy atom. The van der Waals surface area contributed by atoms with E-state index in [4.69, 9.17) is 0 Å². The highest BCUT2D eigenvalue weighted by atomic mass is 32.2. The third-order valence-electron chi connectivity index (χ3n) is 4.66. The zero-order valence-electron chi connectivity index (χ0n) is 17.5. The molecule has 0 aliphatic heterocycles. The number of carbonyl (C=O) groups excluding carboxylic acids is 2. The number of benzene rings is 3. The Hall–Kier alpha value is -3.98. The van der Waals surface area contributed by atoms with Crippen molar-refractivity contribution in [2.24, 2.45) is 0 Å². The van der Waals surface area contributed by atoms with Crippen LogP contribution in [-0.2, 0) is 9.59 Å². The lowest BCUT2D eigenvalue weighted by Crippen LogP contribution is -2.23. The van der Waals surface area contributed by atoms with Crippen LogP contribution in [0.15, 0.2) is 82.7 Å². The van der Waals surface area contributed by atoms with Crippen LogP contribution in [-0.4, -0.2) is 27.1 Å². The number of carbonyl (C=O) groups is 2. The maximum absolute atomic E-state index is 14.5. The molecule has 166 valence electrons. The van der Waals surface area contributed by atoms with Crippen LogP contribution in [0.1, 0.15) is 6.92 Å². The van der Waals surface area contributed by atoms with E-state index in [1.165, 1.54) is 29.7 Å². The normalized spacial score (nSPS) is 10.7. The number of para-hydroxylation sites is 2. The highest BCUT2D eigenvalue weighted by molar-refractivity contribution is 7.99. The van der Waals surface area contributed by atoms with Crippen LogP contribution >= 0.6 is 11.8 Å². The van der Waals surface area contributed by atoms with Gasteiger partial charge in [0.15, 0.2) is 5.16 Å². The summed E-state index contributed by atoms with van der Waals surface area (Å²) in [5, 5.41) is 5.97. The molecule has 0 atom stereocenters. The zero-order valence-corrected chi connectivity index (χ0v) is 18.4. The molecule has 33 heavy (non-hydrogen) atoms. The lowest BCUT2D eigenvalue weighted by molar-refractivity contribution is -0.114. The molecular weight excluding hydrogens is 443 g/mol. The molecule has 0 fully saturated rings. The summed E-state index contributed by atoms with van der Waals surface area (Å²) in [6.07, 6.45) is 0. The van der Waals surface area contributed by atoms with Crippen molar-refractivity contribution in [3.05, 3.63) is 89.0 Å². The van der Waals surface area contributed by atoms with E-state index in [0.717, 1.165) is 11.8 Å². The van der Waals surface area contributed by atoms with Gasteiger partial charge in [0, 0.05) is 18.3 Å². The van der Waals surface area contributed by atoms with Crippen molar-refractivity contribution in [3.8, 4) is 5.69 Å². The van der Waals surface area contributed by atoms with Crippen molar-refractivity contribution in [3.63, 3.8) is 0 Å². The highest BCUT2D eigenvalue weighted by Crippen LogP contribution is 2.23. The predicted molar refractivity (Wildman–Crippen MR) is 127 cm³/mol. The van der Waals surface area contributed by atoms with E-state index in [2.05, 4.69) is 15.6 Å². The molecule has 4 aromatic rings. The molecule has 0 aliphatic rings. The molecule has 3 aromatic carbocycles. The quantitative estimate of drug-likeness (QED) is 0.331. The molecule has 1 aromatic heterocycles. The average Bonchev–Trinajstić information content (AvgIpc) is 2.80. The average molecular weight is 463 g/mol. The number of thioether (sulfide) groups is 1. The van der Waals surface area contributed by atoms with Gasteiger partial charge in [0.2, 0.25) is 11.8 Å². The van der Waals surface area contributed by atoms with Crippen LogP contribution in [0.5, 0.6) is 0 Å². The van der Waals surface area contributed by atoms with Gasteiger partial charge in [-0.15, -0.1) is 0 Å². The Bertz CT molecular complexity index is 1400. The van der Waals surface area contributed by atoms with Crippen LogP contribution in [0.25, 0.3) is 16.6 Å². The second kappa shape index (κ2) is 9.66. The topological polar surface area (TPSA) is 93.1 Å². The first kappa shape index (κ1) is 22.2. The molecule has 4 rings (SSSR count). The number of halogens is 1. The number of hydrogen-bond donors (Lipinski definition) is 2. The summed E-state index contributed by atoms with van der Waals surface area (Å²) in [7, 11) is 0. The highest BCUT2D eigenvalue weighted by Gasteiger charge is 2.17. The monoisotopic (exact) mass is 462 g/mol. The molecule has 0 aliphatic carbocycles. The summed E-state index contributed by atoms with van der Waals surface area (Å²) in [5.41, 5.74) is 1.28. The minimum Gasteiger partial charge on any atom is -0.326 e. The van der Waals surface area contributed by atoms with Crippen LogP contribution < -0.4 is 16.2 Å². The predicted octanol–water partition coefficient (Wildman–Crippen LogP) is 4.21. The summed E-state index contributed by atoms with van der Waals surface area (Å²) < 4.78 is 15.7. The third-order valence-corrected chi connectivity index (χ3v) is 5.60. The van der Waals surface area contributed by atoms with Gasteiger partial charge >= 0.3 is 0 Å². The first-order chi connectivity index (χ1) is 15.9. The first-order valence-electron chi connectivity index (χ1n) is 9.99. The molecule has 0 saturated carbocycles. The van der Waals surface area contributed by atoms with Gasteiger partial charge in [0.25, 0.3) is 5.56 Å². The Balaban J connectivity index is 1.59. The molecule has 2 amide bonds. The second-order valence-electron chi connectivity index (χ2n) is 7.10. The number of aromatic nitrogens is 2. The van der Waals surface area contributed by atoms with Gasteiger partial charge in [-0.3, -0.25) is 19.0 Å². The standard InChI is InChI=1S/C24H19FN4O3S/c1-15(30)26-16-10-12-17(13-11-16)27-22(31)14-33-24-28-20-8-4-2-6-18(20)23(32)29(24)21-9-5-3-7-19(21)25/h2-13H,14H2,1H3,(H,26,30)(H,27,31). The lowest BCUT2D eigenvalue weighted by Gasteiger charge is -2.14. The molecule has 0 unspecified atom stereocenters. The summed E-state index contributed by atoms with van der Waals surface area (Å²) in [6, 6.07) is 19.4. The molecule has 9 heteroatoms. The second-order valence-corrected chi connectivity index (χ2v) is 8.04. The zero-order chi connectivity index (χ0) is 23.4. The largest absolute Gasteiger partial charge is 0.326 e. The van der Waals surface area contributed by atoms with Crippen molar-refractivity contribution in [1.82, 2.24) is 9.55 Å². The minimum absolute atomic E-state index is 0.0489. The SMILES string of the molecule is CC(=O)Nc1ccc(NC(=O)CSc2nc3ccccc3c(=O)n2-c2ccccc2F)cc1. The van der Waals surface area contributed by atoms with Crippen molar-refractivity contribution < 1.29 is 14.0 Å². The van der Waals surface area contributed by atoms with Crippen LogP contribution in [0, 0.1) is 5.82 Å². The number of anilines is 2. The van der Waals surface area contributed by atoms with Gasteiger partial charge < -0.3 is 10.6 Å². The van der Waals surface area contributed by atoms with Gasteiger partial charge in [-0.2, -0.15) is 0 Å². The van der Waals surface area contributed by atoms with E-state index in [1.54, 1.807) is 54.6 Å². The van der Waals surface area contributed by atoms with Crippen LogP contribution in [0.4, 0.5) is 15.8 Å². The summed E-state index contributed by atoms with van der Waals surface area (Å²) >= 11 is 1.03. The van der Waals surface area contributed by atoms with Crippen LogP contribution in [0.2, 0.25) is 0 Å². The first-order valence-corrected chi connectivity index (χ1v) is 11.0. The molecular formula is C24H19FN4O3S. The Morgan fingerprint density at radius 3 is 2.27 bits per heavy atom. The van der Waals surface area contributed by atoms with E-state index in [0.29, 0.717) is 22.3 Å². The van der Waals surface area contributed by atoms with E-state index in [-0.39, 0.29) is 28.4 Å². The molecule has 0 bridgehead atoms. The summed E-state index contributed by atoms with van der Waals surface area (Å²) in [5.74, 6) is -1.13.